The van der Waals surface area contributed by atoms with E-state index in [1.807, 2.05) is 0 Å². The van der Waals surface area contributed by atoms with Crippen LogP contribution in [0.25, 0.3) is 0 Å². The summed E-state index contributed by atoms with van der Waals surface area (Å²) in [7, 11) is -2.83. The lowest BCUT2D eigenvalue weighted by Gasteiger charge is -2.14. The second-order valence-corrected chi connectivity index (χ2v) is 6.66. The van der Waals surface area contributed by atoms with Crippen LogP contribution in [0.2, 0.25) is 5.02 Å². The van der Waals surface area contributed by atoms with E-state index in [1.165, 1.54) is 18.2 Å². The third-order valence-corrected chi connectivity index (χ3v) is 4.78. The van der Waals surface area contributed by atoms with E-state index in [9.17, 15) is 18.0 Å². The number of nitrogens with one attached hydrogen (secondary N) is 2. The number of methoxy groups -OCH3 is 1. The smallest absolute Gasteiger partial charge is 0.330 e. The summed E-state index contributed by atoms with van der Waals surface area (Å²) < 4.78 is 30.9. The van der Waals surface area contributed by atoms with Crippen LogP contribution in [0.3, 0.4) is 0 Å². The molecule has 132 valence electrons. The summed E-state index contributed by atoms with van der Waals surface area (Å²) in [4.78, 5) is 23.2. The number of hydrogen-bond acceptors (Lipinski definition) is 6. The quantitative estimate of drug-likeness (QED) is 0.436. The summed E-state index contributed by atoms with van der Waals surface area (Å²) in [5.41, 5.74) is -0.0549. The van der Waals surface area contributed by atoms with Crippen LogP contribution in [0.1, 0.15) is 10.4 Å². The van der Waals surface area contributed by atoms with Crippen molar-refractivity contribution in [3.63, 3.8) is 0 Å². The average Bonchev–Trinajstić information content (AvgIpc) is 2.57. The van der Waals surface area contributed by atoms with Crippen molar-refractivity contribution in [3.05, 3.63) is 41.4 Å². The molecule has 10 heteroatoms. The zero-order valence-electron chi connectivity index (χ0n) is 12.8. The van der Waals surface area contributed by atoms with Crippen molar-refractivity contribution < 1.29 is 27.9 Å². The van der Waals surface area contributed by atoms with Crippen molar-refractivity contribution in [2.24, 2.45) is 0 Å². The standard InChI is InChI=1S/C14H17ClN2O6S/c1-3-6-16-24(21,22)12-7-9(4-5-10(12)15)13(19)17-11(8-18)14(20)23-2/h3-5,7,11,16,18H,1,6,8H2,2H3,(H,17,19)/t11-/m1/s1. The van der Waals surface area contributed by atoms with Crippen molar-refractivity contribution in [2.45, 2.75) is 10.9 Å². The molecule has 0 saturated heterocycles. The summed E-state index contributed by atoms with van der Waals surface area (Å²) in [5, 5.41) is 11.3. The van der Waals surface area contributed by atoms with Crippen LogP contribution >= 0.6 is 11.6 Å². The predicted molar refractivity (Wildman–Crippen MR) is 87.2 cm³/mol. The summed E-state index contributed by atoms with van der Waals surface area (Å²) in [5.74, 6) is -1.60. The van der Waals surface area contributed by atoms with Crippen LogP contribution in [0.15, 0.2) is 35.7 Å². The molecule has 0 spiro atoms. The highest BCUT2D eigenvalue weighted by molar-refractivity contribution is 7.89. The van der Waals surface area contributed by atoms with Crippen molar-refractivity contribution >= 4 is 33.5 Å². The Kier molecular flexibility index (Phi) is 7.36. The van der Waals surface area contributed by atoms with Gasteiger partial charge in [0.1, 0.15) is 4.90 Å². The third kappa shape index (κ3) is 5.03. The Bertz CT molecular complexity index is 735. The van der Waals surface area contributed by atoms with E-state index in [0.29, 0.717) is 0 Å². The summed E-state index contributed by atoms with van der Waals surface area (Å²) in [6.07, 6.45) is 1.35. The van der Waals surface area contributed by atoms with Gasteiger partial charge >= 0.3 is 5.97 Å². The van der Waals surface area contributed by atoms with Crippen LogP contribution in [-0.4, -0.2) is 51.7 Å². The molecule has 1 atom stereocenters. The zero-order chi connectivity index (χ0) is 18.3. The highest BCUT2D eigenvalue weighted by Crippen LogP contribution is 2.22. The molecule has 0 aliphatic heterocycles. The van der Waals surface area contributed by atoms with Gasteiger partial charge in [0.2, 0.25) is 10.0 Å². The minimum absolute atomic E-state index is 0.00991. The number of rotatable bonds is 8. The normalized spacial score (nSPS) is 12.3. The van der Waals surface area contributed by atoms with Gasteiger partial charge in [0, 0.05) is 12.1 Å². The van der Waals surface area contributed by atoms with E-state index in [4.69, 9.17) is 16.7 Å². The molecule has 0 bridgehead atoms. The summed E-state index contributed by atoms with van der Waals surface area (Å²) in [6, 6.07) is 2.33. The molecule has 3 N–H and O–H groups in total. The molecule has 0 aliphatic carbocycles. The van der Waals surface area contributed by atoms with Crippen molar-refractivity contribution in [3.8, 4) is 0 Å². The van der Waals surface area contributed by atoms with Gasteiger partial charge in [-0.1, -0.05) is 17.7 Å². The zero-order valence-corrected chi connectivity index (χ0v) is 14.4. The first-order valence-corrected chi connectivity index (χ1v) is 8.52. The number of benzene rings is 1. The van der Waals surface area contributed by atoms with E-state index in [-0.39, 0.29) is 22.0 Å². The fourth-order valence-electron chi connectivity index (χ4n) is 1.66. The molecule has 1 amide bonds. The number of aliphatic hydroxyl groups is 1. The monoisotopic (exact) mass is 376 g/mol. The van der Waals surface area contributed by atoms with Crippen LogP contribution < -0.4 is 10.0 Å². The SMILES string of the molecule is C=CCNS(=O)(=O)c1cc(C(=O)N[C@H](CO)C(=O)OC)ccc1Cl. The van der Waals surface area contributed by atoms with Gasteiger partial charge in [0.25, 0.3) is 5.91 Å². The van der Waals surface area contributed by atoms with Crippen molar-refractivity contribution in [2.75, 3.05) is 20.3 Å². The number of carbonyl (C=O) groups is 2. The molecule has 0 aromatic heterocycles. The fraction of sp³-hybridized carbons (Fsp3) is 0.286. The Labute approximate surface area is 144 Å². The Morgan fingerprint density at radius 1 is 1.46 bits per heavy atom. The molecule has 1 rings (SSSR count). The third-order valence-electron chi connectivity index (χ3n) is 2.87. The van der Waals surface area contributed by atoms with Crippen LogP contribution in [-0.2, 0) is 19.6 Å². The van der Waals surface area contributed by atoms with Gasteiger partial charge in [-0.15, -0.1) is 6.58 Å². The topological polar surface area (TPSA) is 122 Å². The van der Waals surface area contributed by atoms with Crippen molar-refractivity contribution in [1.29, 1.82) is 0 Å². The molecular formula is C14H17ClN2O6S. The fourth-order valence-corrected chi connectivity index (χ4v) is 3.18. The minimum Gasteiger partial charge on any atom is -0.467 e. The highest BCUT2D eigenvalue weighted by Gasteiger charge is 2.23. The maximum absolute atomic E-state index is 12.1. The summed E-state index contributed by atoms with van der Waals surface area (Å²) in [6.45, 7) is 2.72. The van der Waals surface area contributed by atoms with Crippen LogP contribution in [0, 0.1) is 0 Å². The van der Waals surface area contributed by atoms with Gasteiger partial charge in [-0.05, 0) is 18.2 Å². The number of sulfonamides is 1. The first kappa shape index (κ1) is 20.1. The molecule has 8 nitrogen and oxygen atoms in total. The second-order valence-electron chi connectivity index (χ2n) is 4.52. The molecule has 0 heterocycles. The average molecular weight is 377 g/mol. The molecule has 0 fully saturated rings. The van der Waals surface area contributed by atoms with E-state index in [1.54, 1.807) is 0 Å². The van der Waals surface area contributed by atoms with E-state index in [2.05, 4.69) is 21.4 Å². The predicted octanol–water partition coefficient (Wildman–Crippen LogP) is 0.0680. The minimum atomic E-state index is -3.94. The number of halogens is 1. The lowest BCUT2D eigenvalue weighted by Crippen LogP contribution is -2.44. The first-order chi connectivity index (χ1) is 11.3. The van der Waals surface area contributed by atoms with Gasteiger partial charge in [0.15, 0.2) is 6.04 Å². The van der Waals surface area contributed by atoms with E-state index in [0.717, 1.165) is 13.2 Å². The molecule has 0 radical (unpaired) electrons. The molecule has 1 aromatic carbocycles. The highest BCUT2D eigenvalue weighted by atomic mass is 35.5. The molecule has 0 saturated carbocycles. The number of ether oxygens (including phenoxy) is 1. The number of hydrogen-bond donors (Lipinski definition) is 3. The maximum Gasteiger partial charge on any atom is 0.330 e. The van der Waals surface area contributed by atoms with Crippen molar-refractivity contribution in [1.82, 2.24) is 10.0 Å². The number of aliphatic hydroxyl groups excluding tert-OH is 1. The van der Waals surface area contributed by atoms with Gasteiger partial charge in [0.05, 0.1) is 18.7 Å². The molecule has 1 aromatic rings. The molecule has 24 heavy (non-hydrogen) atoms. The Hall–Kier alpha value is -1.94. The lowest BCUT2D eigenvalue weighted by molar-refractivity contribution is -0.143. The molecular weight excluding hydrogens is 360 g/mol. The second kappa shape index (κ2) is 8.78. The first-order valence-electron chi connectivity index (χ1n) is 6.66. The van der Waals surface area contributed by atoms with Gasteiger partial charge < -0.3 is 15.2 Å². The molecule has 0 aliphatic rings. The van der Waals surface area contributed by atoms with Crippen LogP contribution in [0.4, 0.5) is 0 Å². The van der Waals surface area contributed by atoms with Gasteiger partial charge in [-0.3, -0.25) is 4.79 Å². The maximum atomic E-state index is 12.1. The molecule has 0 unspecified atom stereocenters. The summed E-state index contributed by atoms with van der Waals surface area (Å²) >= 11 is 5.88. The lowest BCUT2D eigenvalue weighted by atomic mass is 10.2. The number of amides is 1. The van der Waals surface area contributed by atoms with Gasteiger partial charge in [-0.25, -0.2) is 17.9 Å². The number of esters is 1. The Morgan fingerprint density at radius 3 is 2.67 bits per heavy atom. The van der Waals surface area contributed by atoms with Gasteiger partial charge in [-0.2, -0.15) is 0 Å². The largest absolute Gasteiger partial charge is 0.467 e. The Balaban J connectivity index is 3.10. The van der Waals surface area contributed by atoms with E-state index >= 15 is 0 Å². The number of carbonyl (C=O) groups excluding carboxylic acids is 2. The van der Waals surface area contributed by atoms with Crippen LogP contribution in [0.5, 0.6) is 0 Å². The van der Waals surface area contributed by atoms with E-state index < -0.39 is 34.5 Å². The Morgan fingerprint density at radius 2 is 2.12 bits per heavy atom.